The van der Waals surface area contributed by atoms with E-state index in [0.717, 1.165) is 16.5 Å². The van der Waals surface area contributed by atoms with Crippen LogP contribution in [-0.4, -0.2) is 4.98 Å². The summed E-state index contributed by atoms with van der Waals surface area (Å²) < 4.78 is 1.10. The summed E-state index contributed by atoms with van der Waals surface area (Å²) in [6, 6.07) is 14.4. The second-order valence-corrected chi connectivity index (χ2v) is 5.55. The molecule has 3 rings (SSSR count). The van der Waals surface area contributed by atoms with Crippen LogP contribution in [0.15, 0.2) is 53.1 Å². The van der Waals surface area contributed by atoms with Gasteiger partial charge >= 0.3 is 0 Å². The quantitative estimate of drug-likeness (QED) is 0.753. The van der Waals surface area contributed by atoms with Crippen LogP contribution in [0.25, 0.3) is 10.8 Å². The highest BCUT2D eigenvalue weighted by molar-refractivity contribution is 9.10. The normalized spacial score (nSPS) is 10.8. The number of halogens is 1. The zero-order valence-corrected chi connectivity index (χ0v) is 12.4. The number of aromatic nitrogens is 1. The first-order chi connectivity index (χ1) is 9.66. The fourth-order valence-corrected chi connectivity index (χ4v) is 2.85. The van der Waals surface area contributed by atoms with Gasteiger partial charge in [0.05, 0.1) is 5.69 Å². The third-order valence-electron chi connectivity index (χ3n) is 3.45. The maximum atomic E-state index is 6.01. The van der Waals surface area contributed by atoms with Gasteiger partial charge in [-0.05, 0) is 34.0 Å². The van der Waals surface area contributed by atoms with Gasteiger partial charge in [0.15, 0.2) is 0 Å². The summed E-state index contributed by atoms with van der Waals surface area (Å²) in [5.74, 6) is 0.393. The first-order valence-electron chi connectivity index (χ1n) is 6.32. The highest BCUT2D eigenvalue weighted by Gasteiger charge is 2.08. The van der Waals surface area contributed by atoms with Gasteiger partial charge in [-0.3, -0.25) is 0 Å². The van der Waals surface area contributed by atoms with Crippen LogP contribution in [0, 0.1) is 0 Å². The zero-order chi connectivity index (χ0) is 14.1. The van der Waals surface area contributed by atoms with E-state index < -0.39 is 0 Å². The van der Waals surface area contributed by atoms with E-state index in [0.29, 0.717) is 11.5 Å². The van der Waals surface area contributed by atoms with Crippen LogP contribution in [0.2, 0.25) is 0 Å². The molecule has 0 radical (unpaired) electrons. The lowest BCUT2D eigenvalue weighted by molar-refractivity contribution is 1.19. The van der Waals surface area contributed by atoms with Crippen molar-refractivity contribution in [2.24, 2.45) is 0 Å². The maximum absolute atomic E-state index is 6.01. The summed E-state index contributed by atoms with van der Waals surface area (Å²) in [5, 5.41) is 2.42. The first-order valence-corrected chi connectivity index (χ1v) is 7.11. The Morgan fingerprint density at radius 2 is 1.65 bits per heavy atom. The van der Waals surface area contributed by atoms with E-state index in [4.69, 9.17) is 11.5 Å². The van der Waals surface area contributed by atoms with Gasteiger partial charge in [0, 0.05) is 17.1 Å². The molecule has 3 aromatic rings. The lowest BCUT2D eigenvalue weighted by Gasteiger charge is -2.11. The van der Waals surface area contributed by atoms with E-state index in [1.54, 1.807) is 6.20 Å². The Labute approximate surface area is 125 Å². The number of hydrogen-bond acceptors (Lipinski definition) is 3. The molecule has 0 amide bonds. The van der Waals surface area contributed by atoms with Crippen LogP contribution in [0.5, 0.6) is 0 Å². The molecule has 0 bridgehead atoms. The molecule has 0 aliphatic carbocycles. The van der Waals surface area contributed by atoms with Gasteiger partial charge < -0.3 is 11.5 Å². The minimum Gasteiger partial charge on any atom is -0.396 e. The van der Waals surface area contributed by atoms with E-state index in [9.17, 15) is 0 Å². The number of pyridine rings is 1. The Hall–Kier alpha value is -2.07. The lowest BCUT2D eigenvalue weighted by Crippen LogP contribution is -2.02. The molecule has 0 spiro atoms. The predicted molar refractivity (Wildman–Crippen MR) is 87.5 cm³/mol. The highest BCUT2D eigenvalue weighted by atomic mass is 79.9. The van der Waals surface area contributed by atoms with Crippen LogP contribution in [0.3, 0.4) is 0 Å². The Morgan fingerprint density at radius 1 is 0.900 bits per heavy atom. The average Bonchev–Trinajstić information content (AvgIpc) is 2.47. The molecule has 4 heteroatoms. The Bertz CT molecular complexity index is 784. The summed E-state index contributed by atoms with van der Waals surface area (Å²) in [6.45, 7) is 0. The number of hydrogen-bond donors (Lipinski definition) is 2. The van der Waals surface area contributed by atoms with Crippen molar-refractivity contribution in [2.75, 3.05) is 11.5 Å². The number of nitrogens with two attached hydrogens (primary N) is 2. The maximum Gasteiger partial charge on any atom is 0.146 e. The topological polar surface area (TPSA) is 64.9 Å². The summed E-state index contributed by atoms with van der Waals surface area (Å²) in [7, 11) is 0. The Balaban J connectivity index is 2.12. The van der Waals surface area contributed by atoms with Crippen molar-refractivity contribution in [2.45, 2.75) is 6.42 Å². The molecule has 0 aliphatic rings. The first kappa shape index (κ1) is 12.9. The SMILES string of the molecule is Nc1nccc(Cc2ccc(Br)c3ccccc23)c1N. The average molecular weight is 328 g/mol. The van der Waals surface area contributed by atoms with Gasteiger partial charge in [0.2, 0.25) is 0 Å². The minimum absolute atomic E-state index is 0.393. The van der Waals surface area contributed by atoms with Crippen LogP contribution in [0.4, 0.5) is 11.5 Å². The van der Waals surface area contributed by atoms with Gasteiger partial charge in [-0.1, -0.05) is 46.3 Å². The van der Waals surface area contributed by atoms with Crippen molar-refractivity contribution in [3.05, 3.63) is 64.3 Å². The van der Waals surface area contributed by atoms with Crippen LogP contribution >= 0.6 is 15.9 Å². The molecule has 20 heavy (non-hydrogen) atoms. The molecular weight excluding hydrogens is 314 g/mol. The third kappa shape index (κ3) is 2.23. The van der Waals surface area contributed by atoms with Crippen LogP contribution in [0.1, 0.15) is 11.1 Å². The van der Waals surface area contributed by atoms with E-state index in [-0.39, 0.29) is 0 Å². The second-order valence-electron chi connectivity index (χ2n) is 4.70. The molecular formula is C16H14BrN3. The van der Waals surface area contributed by atoms with Crippen molar-refractivity contribution in [1.82, 2.24) is 4.98 Å². The summed E-state index contributed by atoms with van der Waals surface area (Å²) in [6.07, 6.45) is 2.44. The number of fused-ring (bicyclic) bond motifs is 1. The van der Waals surface area contributed by atoms with Gasteiger partial charge in [0.1, 0.15) is 5.82 Å². The molecule has 4 N–H and O–H groups in total. The molecule has 0 saturated carbocycles. The number of nitrogen functional groups attached to an aromatic ring is 2. The molecule has 2 aromatic carbocycles. The Kier molecular flexibility index (Phi) is 3.32. The lowest BCUT2D eigenvalue weighted by atomic mass is 9.98. The standard InChI is InChI=1S/C16H14BrN3/c17-14-6-5-10(12-3-1-2-4-13(12)14)9-11-7-8-20-16(19)15(11)18/h1-8H,9,18H2,(H2,19,20). The Morgan fingerprint density at radius 3 is 2.45 bits per heavy atom. The summed E-state index contributed by atoms with van der Waals surface area (Å²) in [4.78, 5) is 4.00. The van der Waals surface area contributed by atoms with E-state index in [1.807, 2.05) is 18.2 Å². The third-order valence-corrected chi connectivity index (χ3v) is 4.14. The molecule has 0 saturated heterocycles. The molecule has 0 fully saturated rings. The van der Waals surface area contributed by atoms with Crippen LogP contribution < -0.4 is 11.5 Å². The van der Waals surface area contributed by atoms with Crippen molar-refractivity contribution in [1.29, 1.82) is 0 Å². The van der Waals surface area contributed by atoms with Crippen molar-refractivity contribution in [3.63, 3.8) is 0 Å². The van der Waals surface area contributed by atoms with Gasteiger partial charge in [-0.2, -0.15) is 0 Å². The number of nitrogens with zero attached hydrogens (tertiary/aromatic N) is 1. The number of anilines is 2. The highest BCUT2D eigenvalue weighted by Crippen LogP contribution is 2.29. The predicted octanol–water partition coefficient (Wildman–Crippen LogP) is 3.75. The molecule has 3 nitrogen and oxygen atoms in total. The van der Waals surface area contributed by atoms with E-state index >= 15 is 0 Å². The largest absolute Gasteiger partial charge is 0.396 e. The zero-order valence-electron chi connectivity index (χ0n) is 10.8. The molecule has 0 aliphatic heterocycles. The fourth-order valence-electron chi connectivity index (χ4n) is 2.37. The van der Waals surface area contributed by atoms with E-state index in [1.165, 1.54) is 16.3 Å². The second kappa shape index (κ2) is 5.13. The number of benzene rings is 2. The molecule has 1 heterocycles. The van der Waals surface area contributed by atoms with Crippen molar-refractivity contribution in [3.8, 4) is 0 Å². The van der Waals surface area contributed by atoms with Crippen molar-refractivity contribution < 1.29 is 0 Å². The molecule has 1 aromatic heterocycles. The fraction of sp³-hybridized carbons (Fsp3) is 0.0625. The monoisotopic (exact) mass is 327 g/mol. The van der Waals surface area contributed by atoms with E-state index in [2.05, 4.69) is 45.2 Å². The van der Waals surface area contributed by atoms with Gasteiger partial charge in [-0.25, -0.2) is 4.98 Å². The van der Waals surface area contributed by atoms with Crippen LogP contribution in [-0.2, 0) is 6.42 Å². The smallest absolute Gasteiger partial charge is 0.146 e. The van der Waals surface area contributed by atoms with Gasteiger partial charge in [-0.15, -0.1) is 0 Å². The van der Waals surface area contributed by atoms with Crippen molar-refractivity contribution >= 4 is 38.2 Å². The summed E-state index contributed by atoms with van der Waals surface area (Å²) in [5.41, 5.74) is 14.6. The minimum atomic E-state index is 0.393. The molecule has 0 unspecified atom stereocenters. The number of rotatable bonds is 2. The van der Waals surface area contributed by atoms with Gasteiger partial charge in [0.25, 0.3) is 0 Å². The molecule has 0 atom stereocenters. The summed E-state index contributed by atoms with van der Waals surface area (Å²) >= 11 is 3.59. The molecule has 100 valence electrons.